The smallest absolute Gasteiger partial charge is 0.144 e. The van der Waals surface area contributed by atoms with Crippen molar-refractivity contribution in [3.05, 3.63) is 30.3 Å². The second-order valence-electron chi connectivity index (χ2n) is 5.15. The van der Waals surface area contributed by atoms with Crippen LogP contribution in [-0.4, -0.2) is 52.6 Å². The van der Waals surface area contributed by atoms with E-state index in [9.17, 15) is 17.8 Å². The maximum atomic E-state index is 11.4. The average molecular weight is 369 g/mol. The van der Waals surface area contributed by atoms with E-state index in [-0.39, 0.29) is 5.78 Å². The van der Waals surface area contributed by atoms with Gasteiger partial charge in [0.1, 0.15) is 22.8 Å². The van der Waals surface area contributed by atoms with Crippen LogP contribution in [-0.2, 0) is 19.2 Å². The van der Waals surface area contributed by atoms with E-state index in [0.29, 0.717) is 0 Å². The van der Waals surface area contributed by atoms with E-state index in [4.69, 9.17) is 0 Å². The summed E-state index contributed by atoms with van der Waals surface area (Å²) in [5.74, 6) is 0.167. The Balaban J connectivity index is -0.000000255. The minimum atomic E-state index is -2.67. The van der Waals surface area contributed by atoms with Gasteiger partial charge in [-0.05, 0) is 39.7 Å². The Bertz CT molecular complexity index is 522. The molecule has 22 heavy (non-hydrogen) atoms. The zero-order valence-corrected chi connectivity index (χ0v) is 17.3. The lowest BCUT2D eigenvalue weighted by Crippen LogP contribution is -2.00. The molecule has 4 nitrogen and oxygen atoms in total. The van der Waals surface area contributed by atoms with E-state index in [1.54, 1.807) is 25.1 Å². The molecule has 0 radical (unpaired) electrons. The Hall–Kier alpha value is -0.580. The van der Waals surface area contributed by atoms with E-state index in [0.717, 1.165) is 17.8 Å². The summed E-state index contributed by atoms with van der Waals surface area (Å²) in [6.07, 6.45) is 6.40. The highest BCUT2D eigenvalue weighted by molar-refractivity contribution is 7.97. The van der Waals surface area contributed by atoms with Crippen molar-refractivity contribution < 1.29 is 17.8 Å². The number of sulfone groups is 1. The molecule has 0 saturated heterocycles. The van der Waals surface area contributed by atoms with Crippen molar-refractivity contribution in [1.82, 2.24) is 0 Å². The molecule has 0 atom stereocenters. The molecule has 0 saturated carbocycles. The third kappa shape index (κ3) is 36.6. The van der Waals surface area contributed by atoms with Crippen molar-refractivity contribution in [2.24, 2.45) is 0 Å². The molecule has 1 rings (SSSR count). The van der Waals surface area contributed by atoms with Gasteiger partial charge in [-0.2, -0.15) is 11.8 Å². The molecule has 0 heterocycles. The van der Waals surface area contributed by atoms with Crippen LogP contribution in [0.3, 0.4) is 0 Å². The van der Waals surface area contributed by atoms with Crippen molar-refractivity contribution in [2.75, 3.05) is 38.4 Å². The van der Waals surface area contributed by atoms with Crippen LogP contribution in [0.2, 0.25) is 0 Å². The summed E-state index contributed by atoms with van der Waals surface area (Å²) in [7, 11) is -4.68. The molecule has 1 aromatic rings. The van der Waals surface area contributed by atoms with Crippen molar-refractivity contribution in [3.8, 4) is 0 Å². The number of carbonyl (C=O) groups excluding carboxylic acids is 1. The minimum absolute atomic E-state index is 0.167. The molecule has 130 valence electrons. The molecule has 0 unspecified atom stereocenters. The van der Waals surface area contributed by atoms with Gasteiger partial charge in [0.15, 0.2) is 0 Å². The summed E-state index contributed by atoms with van der Waals surface area (Å²) in [6.45, 7) is 6.62. The Morgan fingerprint density at radius 1 is 1.00 bits per heavy atom. The molecule has 0 amide bonds. The van der Waals surface area contributed by atoms with Crippen LogP contribution in [0.5, 0.6) is 0 Å². The summed E-state index contributed by atoms with van der Waals surface area (Å²) >= 11 is 1.75. The number of carbonyl (C=O) groups is 1. The van der Waals surface area contributed by atoms with Gasteiger partial charge in [-0.25, -0.2) is 8.42 Å². The summed E-state index contributed by atoms with van der Waals surface area (Å²) < 4.78 is 30.7. The second-order valence-corrected chi connectivity index (χ2v) is 11.5. The van der Waals surface area contributed by atoms with Gasteiger partial charge < -0.3 is 9.36 Å². The first-order chi connectivity index (χ1) is 9.75. The lowest BCUT2D eigenvalue weighted by atomic mass is 10.4. The third-order valence-electron chi connectivity index (χ3n) is 1.38. The van der Waals surface area contributed by atoms with E-state index in [2.05, 4.69) is 0 Å². The third-order valence-corrected chi connectivity index (χ3v) is 2.92. The maximum absolute atomic E-state index is 11.4. The molecule has 0 aromatic heterocycles. The van der Waals surface area contributed by atoms with Gasteiger partial charge in [-0.15, -0.1) is 0 Å². The van der Waals surface area contributed by atoms with Gasteiger partial charge in [0.25, 0.3) is 0 Å². The first kappa shape index (κ1) is 26.3. The van der Waals surface area contributed by atoms with Crippen molar-refractivity contribution in [1.29, 1.82) is 0 Å². The molecule has 0 aliphatic carbocycles. The lowest BCUT2D eigenvalue weighted by molar-refractivity contribution is -0.114. The Morgan fingerprint density at radius 2 is 1.23 bits per heavy atom. The van der Waals surface area contributed by atoms with E-state index < -0.39 is 17.0 Å². The fourth-order valence-corrected chi connectivity index (χ4v) is 1.68. The molecule has 0 spiro atoms. The summed E-state index contributed by atoms with van der Waals surface area (Å²) in [5.41, 5.74) is 0. The Kier molecular flexibility index (Phi) is 16.8. The van der Waals surface area contributed by atoms with Crippen LogP contribution >= 0.6 is 18.9 Å². The SMILES string of the molecule is CC(C)=O.CP(C)(=O)c1ccccc1.CS(C)(=O)=O.CSC. The molecule has 0 N–H and O–H groups in total. The summed E-state index contributed by atoms with van der Waals surface area (Å²) in [6, 6.07) is 9.56. The molecule has 0 bridgehead atoms. The predicted octanol–water partition coefficient (Wildman–Crippen LogP) is 3.17. The first-order valence-corrected chi connectivity index (χ1v) is 12.9. The monoisotopic (exact) mass is 368 g/mol. The number of ketones is 1. The van der Waals surface area contributed by atoms with E-state index in [1.165, 1.54) is 13.8 Å². The van der Waals surface area contributed by atoms with Crippen LogP contribution < -0.4 is 5.30 Å². The van der Waals surface area contributed by atoms with Crippen LogP contribution in [0.25, 0.3) is 0 Å². The maximum Gasteiger partial charge on any atom is 0.144 e. The molecular formula is C15H29O4PS2. The quantitative estimate of drug-likeness (QED) is 0.712. The van der Waals surface area contributed by atoms with E-state index in [1.807, 2.05) is 42.8 Å². The van der Waals surface area contributed by atoms with Crippen molar-refractivity contribution in [3.63, 3.8) is 0 Å². The molecule has 1 aromatic carbocycles. The van der Waals surface area contributed by atoms with Crippen molar-refractivity contribution in [2.45, 2.75) is 13.8 Å². The lowest BCUT2D eigenvalue weighted by Gasteiger charge is -2.04. The predicted molar refractivity (Wildman–Crippen MR) is 102 cm³/mol. The normalized spacial score (nSPS) is 9.82. The minimum Gasteiger partial charge on any atom is -0.319 e. The highest BCUT2D eigenvalue weighted by atomic mass is 32.2. The number of Topliss-reactive ketones (excluding diaryl/α,β-unsaturated/α-hetero) is 1. The van der Waals surface area contributed by atoms with Crippen LogP contribution in [0.4, 0.5) is 0 Å². The van der Waals surface area contributed by atoms with Gasteiger partial charge in [-0.1, -0.05) is 30.3 Å². The van der Waals surface area contributed by atoms with Crippen molar-refractivity contribution >= 4 is 39.8 Å². The molecule has 0 aliphatic heterocycles. The molecule has 0 aliphatic rings. The van der Waals surface area contributed by atoms with Gasteiger partial charge in [0.2, 0.25) is 0 Å². The highest BCUT2D eigenvalue weighted by Gasteiger charge is 2.08. The van der Waals surface area contributed by atoms with Gasteiger partial charge in [-0.3, -0.25) is 0 Å². The Labute approximate surface area is 140 Å². The van der Waals surface area contributed by atoms with Crippen LogP contribution in [0, 0.1) is 0 Å². The summed E-state index contributed by atoms with van der Waals surface area (Å²) in [4.78, 5) is 9.44. The zero-order valence-electron chi connectivity index (χ0n) is 14.8. The highest BCUT2D eigenvalue weighted by Crippen LogP contribution is 2.33. The topological polar surface area (TPSA) is 68.3 Å². The molecular weight excluding hydrogens is 339 g/mol. The fourth-order valence-electron chi connectivity index (χ4n) is 0.787. The Morgan fingerprint density at radius 3 is 1.36 bits per heavy atom. The van der Waals surface area contributed by atoms with Crippen LogP contribution in [0.1, 0.15) is 13.8 Å². The number of thioether (sulfide) groups is 1. The fraction of sp³-hybridized carbons (Fsp3) is 0.533. The van der Waals surface area contributed by atoms with Gasteiger partial charge in [0, 0.05) is 17.8 Å². The zero-order chi connectivity index (χ0) is 18.4. The molecule has 7 heteroatoms. The average Bonchev–Trinajstić information content (AvgIpc) is 2.27. The van der Waals surface area contributed by atoms with Gasteiger partial charge in [0.05, 0.1) is 0 Å². The largest absolute Gasteiger partial charge is 0.319 e. The second kappa shape index (κ2) is 14.0. The standard InChI is InChI=1S/C8H11OP.C3H6O.C2H6O2S.C2H6S/c1-10(2,9)8-6-4-3-5-7-8;1-3(2)4;1-5(2,3)4;1-3-2/h3-7H,1-2H3;1-2H3;1-2H3;1-2H3. The number of rotatable bonds is 1. The number of benzene rings is 1. The molecule has 0 fully saturated rings. The van der Waals surface area contributed by atoms with Crippen LogP contribution in [0.15, 0.2) is 30.3 Å². The number of hydrogen-bond donors (Lipinski definition) is 0. The van der Waals surface area contributed by atoms with Gasteiger partial charge >= 0.3 is 0 Å². The summed E-state index contributed by atoms with van der Waals surface area (Å²) in [5, 5.41) is 0.954. The first-order valence-electron chi connectivity index (χ1n) is 6.38. The number of hydrogen-bond acceptors (Lipinski definition) is 5. The van der Waals surface area contributed by atoms with E-state index >= 15 is 0 Å².